The molecule has 5 heteroatoms. The van der Waals surface area contributed by atoms with E-state index >= 15 is 0 Å². The Morgan fingerprint density at radius 3 is 2.30 bits per heavy atom. The number of rotatable bonds is 6. The number of nitrogens with two attached hydrogens (primary N) is 1. The number of nitrogens with one attached hydrogen (secondary N) is 1. The summed E-state index contributed by atoms with van der Waals surface area (Å²) in [5, 5.41) is 3.27. The molecule has 0 aromatic heterocycles. The van der Waals surface area contributed by atoms with Crippen molar-refractivity contribution < 1.29 is 4.79 Å². The minimum absolute atomic E-state index is 0. The zero-order chi connectivity index (χ0) is 17.9. The lowest BCUT2D eigenvalue weighted by Crippen LogP contribution is -2.39. The molecule has 2 aromatic rings. The minimum atomic E-state index is 0. The topological polar surface area (TPSA) is 58.4 Å². The zero-order valence-corrected chi connectivity index (χ0v) is 16.3. The summed E-state index contributed by atoms with van der Waals surface area (Å²) in [6, 6.07) is 20.9. The van der Waals surface area contributed by atoms with E-state index in [2.05, 4.69) is 46.6 Å². The van der Waals surface area contributed by atoms with E-state index in [1.54, 1.807) is 0 Å². The van der Waals surface area contributed by atoms with Gasteiger partial charge in [-0.15, -0.1) is 12.4 Å². The van der Waals surface area contributed by atoms with Crippen LogP contribution in [0.2, 0.25) is 0 Å². The van der Waals surface area contributed by atoms with E-state index in [1.807, 2.05) is 24.3 Å². The van der Waals surface area contributed by atoms with Crippen LogP contribution < -0.4 is 11.1 Å². The Morgan fingerprint density at radius 2 is 1.67 bits per heavy atom. The van der Waals surface area contributed by atoms with Gasteiger partial charge in [-0.3, -0.25) is 9.69 Å². The van der Waals surface area contributed by atoms with Crippen LogP contribution in [0.3, 0.4) is 0 Å². The van der Waals surface area contributed by atoms with Crippen LogP contribution in [0.5, 0.6) is 0 Å². The Labute approximate surface area is 167 Å². The first kappa shape index (κ1) is 19.9. The molecular formula is C22H28ClN3O. The molecule has 3 N–H and O–H groups in total. The highest BCUT2D eigenvalue weighted by molar-refractivity contribution is 5.85. The number of halogens is 1. The molecule has 0 spiro atoms. The molecule has 3 atom stereocenters. The highest BCUT2D eigenvalue weighted by Gasteiger charge is 2.35. The maximum Gasteiger partial charge on any atom is 0.234 e. The van der Waals surface area contributed by atoms with Gasteiger partial charge in [0.25, 0.3) is 0 Å². The molecule has 1 unspecified atom stereocenters. The second-order valence-electron chi connectivity index (χ2n) is 7.67. The van der Waals surface area contributed by atoms with Gasteiger partial charge in [0.15, 0.2) is 0 Å². The number of benzene rings is 2. The fourth-order valence-corrected chi connectivity index (χ4v) is 4.08. The molecule has 1 saturated heterocycles. The van der Waals surface area contributed by atoms with Gasteiger partial charge in [-0.2, -0.15) is 0 Å². The first-order valence-corrected chi connectivity index (χ1v) is 9.58. The number of carbonyl (C=O) groups excluding carboxylic acids is 1. The van der Waals surface area contributed by atoms with E-state index in [-0.39, 0.29) is 30.4 Å². The number of hydrogen-bond donors (Lipinski definition) is 2. The van der Waals surface area contributed by atoms with E-state index < -0.39 is 0 Å². The van der Waals surface area contributed by atoms with Gasteiger partial charge in [-0.25, -0.2) is 0 Å². The highest BCUT2D eigenvalue weighted by Crippen LogP contribution is 2.40. The second-order valence-corrected chi connectivity index (χ2v) is 7.67. The summed E-state index contributed by atoms with van der Waals surface area (Å²) in [4.78, 5) is 14.9. The lowest BCUT2D eigenvalue weighted by molar-refractivity contribution is -0.123. The van der Waals surface area contributed by atoms with Crippen molar-refractivity contribution >= 4 is 18.3 Å². The van der Waals surface area contributed by atoms with Gasteiger partial charge in [0.1, 0.15) is 0 Å². The first-order chi connectivity index (χ1) is 12.7. The van der Waals surface area contributed by atoms with Gasteiger partial charge >= 0.3 is 0 Å². The van der Waals surface area contributed by atoms with Gasteiger partial charge in [0, 0.05) is 25.0 Å². The second kappa shape index (κ2) is 8.87. The molecule has 0 bridgehead atoms. The summed E-state index contributed by atoms with van der Waals surface area (Å²) < 4.78 is 0. The third kappa shape index (κ3) is 4.89. The average molecular weight is 386 g/mol. The fraction of sp³-hybridized carbons (Fsp3) is 0.409. The van der Waals surface area contributed by atoms with E-state index in [0.29, 0.717) is 18.4 Å². The third-order valence-corrected chi connectivity index (χ3v) is 5.60. The Hall–Kier alpha value is -1.88. The minimum Gasteiger partial charge on any atom is -0.348 e. The van der Waals surface area contributed by atoms with Crippen molar-refractivity contribution in [1.82, 2.24) is 10.2 Å². The molecule has 1 amide bonds. The lowest BCUT2D eigenvalue weighted by Gasteiger charge is -2.21. The van der Waals surface area contributed by atoms with E-state index in [1.165, 1.54) is 24.0 Å². The summed E-state index contributed by atoms with van der Waals surface area (Å²) in [5.41, 5.74) is 8.83. The smallest absolute Gasteiger partial charge is 0.234 e. The van der Waals surface area contributed by atoms with Crippen LogP contribution in [0.25, 0.3) is 0 Å². The van der Waals surface area contributed by atoms with E-state index in [9.17, 15) is 4.79 Å². The molecular weight excluding hydrogens is 358 g/mol. The molecule has 144 valence electrons. The third-order valence-electron chi connectivity index (χ3n) is 5.60. The van der Waals surface area contributed by atoms with Crippen LogP contribution in [0.1, 0.15) is 35.9 Å². The molecule has 1 saturated carbocycles. The Bertz CT molecular complexity index is 736. The Morgan fingerprint density at radius 1 is 1.04 bits per heavy atom. The lowest BCUT2D eigenvalue weighted by atomic mass is 9.95. The molecule has 4 nitrogen and oxygen atoms in total. The van der Waals surface area contributed by atoms with Crippen LogP contribution >= 0.6 is 12.4 Å². The van der Waals surface area contributed by atoms with Gasteiger partial charge in [-0.1, -0.05) is 60.7 Å². The van der Waals surface area contributed by atoms with Crippen molar-refractivity contribution in [2.75, 3.05) is 19.6 Å². The van der Waals surface area contributed by atoms with Crippen LogP contribution in [-0.4, -0.2) is 36.5 Å². The van der Waals surface area contributed by atoms with Crippen molar-refractivity contribution in [2.24, 2.45) is 11.7 Å². The first-order valence-electron chi connectivity index (χ1n) is 9.58. The predicted octanol–water partition coefficient (Wildman–Crippen LogP) is 3.10. The summed E-state index contributed by atoms with van der Waals surface area (Å²) in [7, 11) is 0. The predicted molar refractivity (Wildman–Crippen MR) is 111 cm³/mol. The number of nitrogens with zero attached hydrogens (tertiary/aromatic N) is 1. The van der Waals surface area contributed by atoms with Crippen molar-refractivity contribution in [2.45, 2.75) is 30.8 Å². The summed E-state index contributed by atoms with van der Waals surface area (Å²) in [6.07, 6.45) is 2.40. The Kier molecular flexibility index (Phi) is 6.53. The van der Waals surface area contributed by atoms with Crippen LogP contribution in [0, 0.1) is 5.92 Å². The van der Waals surface area contributed by atoms with Crippen LogP contribution in [0.15, 0.2) is 60.7 Å². The maximum atomic E-state index is 12.7. The summed E-state index contributed by atoms with van der Waals surface area (Å²) >= 11 is 0. The van der Waals surface area contributed by atoms with Crippen molar-refractivity contribution in [3.8, 4) is 0 Å². The summed E-state index contributed by atoms with van der Waals surface area (Å²) in [5.74, 6) is 0.989. The molecule has 1 aliphatic heterocycles. The van der Waals surface area contributed by atoms with E-state index in [0.717, 1.165) is 13.1 Å². The Balaban J connectivity index is 0.00000210. The number of likely N-dealkylation sites (tertiary alicyclic amines) is 1. The van der Waals surface area contributed by atoms with Crippen LogP contribution in [-0.2, 0) is 4.79 Å². The fourth-order valence-electron chi connectivity index (χ4n) is 4.08. The molecule has 2 aliphatic rings. The van der Waals surface area contributed by atoms with E-state index in [4.69, 9.17) is 5.73 Å². The number of amides is 1. The molecule has 27 heavy (non-hydrogen) atoms. The standard InChI is InChI=1S/C22H27N3O.ClH/c23-20-14-25(13-19(20)16-7-3-1-4-8-16)15-21(26)24-22(18-11-12-18)17-9-5-2-6-10-17;/h1-10,18-20,22H,11-15,23H2,(H,24,26);1H/t19-,20+,22?;/m0./s1. The van der Waals surface area contributed by atoms with Crippen molar-refractivity contribution in [1.29, 1.82) is 0 Å². The quantitative estimate of drug-likeness (QED) is 0.803. The number of hydrogen-bond acceptors (Lipinski definition) is 3. The highest BCUT2D eigenvalue weighted by atomic mass is 35.5. The molecule has 0 radical (unpaired) electrons. The van der Waals surface area contributed by atoms with Gasteiger partial charge in [0.05, 0.1) is 12.6 Å². The number of carbonyl (C=O) groups is 1. The molecule has 4 rings (SSSR count). The largest absolute Gasteiger partial charge is 0.348 e. The van der Waals surface area contributed by atoms with Crippen molar-refractivity contribution in [3.63, 3.8) is 0 Å². The van der Waals surface area contributed by atoms with Gasteiger partial charge in [0.2, 0.25) is 5.91 Å². The molecule has 2 fully saturated rings. The van der Waals surface area contributed by atoms with Gasteiger partial charge in [-0.05, 0) is 29.9 Å². The monoisotopic (exact) mass is 385 g/mol. The average Bonchev–Trinajstić information content (AvgIpc) is 3.44. The maximum absolute atomic E-state index is 12.7. The molecule has 2 aromatic carbocycles. The van der Waals surface area contributed by atoms with Gasteiger partial charge < -0.3 is 11.1 Å². The molecule has 1 heterocycles. The van der Waals surface area contributed by atoms with Crippen molar-refractivity contribution in [3.05, 3.63) is 71.8 Å². The SMILES string of the molecule is Cl.N[C@@H]1CN(CC(=O)NC(c2ccccc2)C2CC2)C[C@H]1c1ccccc1. The summed E-state index contributed by atoms with van der Waals surface area (Å²) in [6.45, 7) is 2.04. The normalized spacial score (nSPS) is 23.4. The van der Waals surface area contributed by atoms with Crippen LogP contribution in [0.4, 0.5) is 0 Å². The zero-order valence-electron chi connectivity index (χ0n) is 15.5. The molecule has 1 aliphatic carbocycles.